The van der Waals surface area contributed by atoms with E-state index in [1.807, 2.05) is 58.7 Å². The van der Waals surface area contributed by atoms with Crippen LogP contribution in [-0.2, 0) is 22.9 Å². The van der Waals surface area contributed by atoms with E-state index in [-0.39, 0.29) is 12.5 Å². The molecule has 43 heavy (non-hydrogen) atoms. The fourth-order valence-corrected chi connectivity index (χ4v) is 3.64. The lowest BCUT2D eigenvalue weighted by Crippen LogP contribution is -2.25. The van der Waals surface area contributed by atoms with E-state index in [1.54, 1.807) is 13.0 Å². The number of allylic oxidation sites excluding steroid dienone is 1. The minimum atomic E-state index is -4.60. The molecular weight excluding hydrogens is 557 g/mol. The Balaban J connectivity index is 0.00000199. The molecule has 1 aromatic carbocycles. The van der Waals surface area contributed by atoms with Crippen LogP contribution in [0, 0.1) is 6.92 Å². The van der Waals surface area contributed by atoms with Crippen LogP contribution in [0.15, 0.2) is 62.0 Å². The predicted octanol–water partition coefficient (Wildman–Crippen LogP) is 8.43. The Morgan fingerprint density at radius 3 is 2.09 bits per heavy atom. The molecule has 0 radical (unpaired) electrons. The average molecular weight is 605 g/mol. The minimum absolute atomic E-state index is 0.154. The van der Waals surface area contributed by atoms with Gasteiger partial charge >= 0.3 is 6.18 Å². The highest BCUT2D eigenvalue weighted by atomic mass is 19.4. The van der Waals surface area contributed by atoms with Gasteiger partial charge in [0.1, 0.15) is 18.0 Å². The van der Waals surface area contributed by atoms with Crippen molar-refractivity contribution in [2.75, 3.05) is 6.61 Å². The number of rotatable bonds is 8. The molecule has 0 amide bonds. The Bertz CT molecular complexity index is 1260. The molecule has 238 valence electrons. The average Bonchev–Trinajstić information content (AvgIpc) is 3.29. The Kier molecular flexibility index (Phi) is 16.9. The van der Waals surface area contributed by atoms with Gasteiger partial charge in [-0.3, -0.25) is 4.98 Å². The molecule has 2 aromatic heterocycles. The first-order valence-electron chi connectivity index (χ1n) is 14.0. The van der Waals surface area contributed by atoms with E-state index in [0.29, 0.717) is 17.0 Å². The Hall–Kier alpha value is -3.92. The number of hydrogen-bond acceptors (Lipinski definition) is 6. The maximum Gasteiger partial charge on any atom is 0.420 e. The van der Waals surface area contributed by atoms with Crippen LogP contribution in [0.5, 0.6) is 11.6 Å². The van der Waals surface area contributed by atoms with E-state index in [1.165, 1.54) is 16.7 Å². The van der Waals surface area contributed by atoms with Gasteiger partial charge in [0.25, 0.3) is 0 Å². The monoisotopic (exact) mass is 604 g/mol. The molecular formula is C33H47F3N4O3. The van der Waals surface area contributed by atoms with Crippen molar-refractivity contribution in [3.05, 3.63) is 89.9 Å². The number of benzene rings is 1. The topological polar surface area (TPSA) is 89.3 Å². The number of carbonyl (C=O) groups is 1. The number of hydrogen-bond donors (Lipinski definition) is 2. The number of aromatic nitrogens is 3. The van der Waals surface area contributed by atoms with Gasteiger partial charge in [0.15, 0.2) is 5.75 Å². The van der Waals surface area contributed by atoms with Crippen LogP contribution in [0.4, 0.5) is 13.2 Å². The molecule has 0 aliphatic carbocycles. The zero-order chi connectivity index (χ0) is 33.4. The van der Waals surface area contributed by atoms with Crippen molar-refractivity contribution in [2.45, 2.75) is 86.0 Å². The number of carbonyl (C=O) groups excluding carboxylic acids is 1. The molecule has 0 fully saturated rings. The summed E-state index contributed by atoms with van der Waals surface area (Å²) >= 11 is 0. The summed E-state index contributed by atoms with van der Waals surface area (Å²) in [6.45, 7) is 24.8. The molecule has 2 heterocycles. The lowest BCUT2D eigenvalue weighted by atomic mass is 10.0. The van der Waals surface area contributed by atoms with Crippen LogP contribution in [0.25, 0.3) is 5.70 Å². The van der Waals surface area contributed by atoms with E-state index < -0.39 is 29.1 Å². The molecule has 0 bridgehead atoms. The van der Waals surface area contributed by atoms with E-state index in [2.05, 4.69) is 49.3 Å². The molecule has 2 N–H and O–H groups in total. The van der Waals surface area contributed by atoms with Gasteiger partial charge < -0.3 is 20.0 Å². The molecule has 1 unspecified atom stereocenters. The third kappa shape index (κ3) is 11.7. The first kappa shape index (κ1) is 39.1. The highest BCUT2D eigenvalue weighted by molar-refractivity contribution is 5.64. The van der Waals surface area contributed by atoms with Crippen molar-refractivity contribution in [3.8, 4) is 11.6 Å². The number of pyridine rings is 1. The van der Waals surface area contributed by atoms with Crippen molar-refractivity contribution in [3.63, 3.8) is 0 Å². The second kappa shape index (κ2) is 18.6. The molecule has 10 heteroatoms. The van der Waals surface area contributed by atoms with Crippen molar-refractivity contribution in [1.82, 2.24) is 20.1 Å². The van der Waals surface area contributed by atoms with E-state index >= 15 is 0 Å². The van der Waals surface area contributed by atoms with Crippen molar-refractivity contribution in [2.24, 2.45) is 0 Å². The third-order valence-corrected chi connectivity index (χ3v) is 5.61. The fraction of sp³-hybridized carbons (Fsp3) is 0.424. The first-order chi connectivity index (χ1) is 20.2. The van der Waals surface area contributed by atoms with Gasteiger partial charge in [-0.2, -0.15) is 18.3 Å². The Morgan fingerprint density at radius 1 is 1.12 bits per heavy atom. The van der Waals surface area contributed by atoms with Gasteiger partial charge in [-0.1, -0.05) is 64.1 Å². The number of nitrogens with zero attached hydrogens (tertiary/aromatic N) is 3. The first-order valence-corrected chi connectivity index (χ1v) is 14.0. The van der Waals surface area contributed by atoms with Crippen LogP contribution in [-0.4, -0.2) is 33.3 Å². The lowest BCUT2D eigenvalue weighted by Gasteiger charge is -2.23. The summed E-state index contributed by atoms with van der Waals surface area (Å²) in [5.41, 5.74) is 1.87. The van der Waals surface area contributed by atoms with E-state index in [0.717, 1.165) is 30.4 Å². The van der Waals surface area contributed by atoms with Gasteiger partial charge in [-0.25, -0.2) is 4.68 Å². The maximum atomic E-state index is 13.5. The van der Waals surface area contributed by atoms with Crippen LogP contribution in [0.1, 0.15) is 88.9 Å². The van der Waals surface area contributed by atoms with Crippen LogP contribution in [0.2, 0.25) is 0 Å². The van der Waals surface area contributed by atoms with Crippen molar-refractivity contribution < 1.29 is 27.8 Å². The maximum absolute atomic E-state index is 13.5. The van der Waals surface area contributed by atoms with Crippen molar-refractivity contribution >= 4 is 12.5 Å². The normalized spacial score (nSPS) is 11.3. The molecule has 0 saturated carbocycles. The highest BCUT2D eigenvalue weighted by Gasteiger charge is 2.36. The molecule has 0 aliphatic heterocycles. The van der Waals surface area contributed by atoms with Gasteiger partial charge in [0.05, 0.1) is 30.1 Å². The number of aliphatic hydroxyl groups is 1. The SMILES string of the molecule is C=C(NC(CO)c1ccc(CC)cc1)c1nn(C(C)(C)C)c(Oc2cnccc2C(F)(F)F)c1C.C=CC.C=O.CCC. The number of nitrogens with one attached hydrogen (secondary N) is 1. The second-order valence-electron chi connectivity index (χ2n) is 10.4. The van der Waals surface area contributed by atoms with Gasteiger partial charge in [-0.05, 0) is 58.2 Å². The summed E-state index contributed by atoms with van der Waals surface area (Å²) in [7, 11) is 0. The van der Waals surface area contributed by atoms with Crippen molar-refractivity contribution in [1.29, 1.82) is 0 Å². The van der Waals surface area contributed by atoms with Crippen LogP contribution >= 0.6 is 0 Å². The molecule has 3 aromatic rings. The summed E-state index contributed by atoms with van der Waals surface area (Å²) in [5.74, 6) is -0.260. The number of aliphatic hydroxyl groups excluding tert-OH is 1. The summed E-state index contributed by atoms with van der Waals surface area (Å²) in [6.07, 6.45) is 1.41. The highest BCUT2D eigenvalue weighted by Crippen LogP contribution is 2.40. The zero-order valence-electron chi connectivity index (χ0n) is 26.7. The summed E-state index contributed by atoms with van der Waals surface area (Å²) in [5, 5.41) is 17.8. The number of aryl methyl sites for hydroxylation is 1. The summed E-state index contributed by atoms with van der Waals surface area (Å²) < 4.78 is 47.9. The molecule has 1 atom stereocenters. The Morgan fingerprint density at radius 2 is 1.65 bits per heavy atom. The molecule has 0 aliphatic rings. The molecule has 7 nitrogen and oxygen atoms in total. The number of alkyl halides is 3. The predicted molar refractivity (Wildman–Crippen MR) is 168 cm³/mol. The lowest BCUT2D eigenvalue weighted by molar-refractivity contribution is -0.138. The minimum Gasteiger partial charge on any atom is -0.437 e. The van der Waals surface area contributed by atoms with E-state index in [9.17, 15) is 18.3 Å². The second-order valence-corrected chi connectivity index (χ2v) is 10.4. The summed E-state index contributed by atoms with van der Waals surface area (Å²) in [6, 6.07) is 8.32. The zero-order valence-corrected chi connectivity index (χ0v) is 26.7. The molecule has 0 saturated heterocycles. The van der Waals surface area contributed by atoms with Crippen LogP contribution < -0.4 is 10.1 Å². The standard InChI is InChI=1S/C26H31F3N4O2.C3H8.C3H6.CH2O/c1-7-18-8-10-19(11-9-18)21(15-34)31-17(3)23-16(2)24(33(32-23)25(4,5)6)35-22-14-30-13-12-20(22)26(27,28)29;2*1-3-2;1-2/h8-14,21,31,34H,3,7,15H2,1-2,4-6H3;3H2,1-2H3;3H,1H2,2H3;1H2. The van der Waals surface area contributed by atoms with E-state index in [4.69, 9.17) is 9.53 Å². The molecule has 0 spiro atoms. The largest absolute Gasteiger partial charge is 0.437 e. The van der Waals surface area contributed by atoms with Crippen LogP contribution in [0.3, 0.4) is 0 Å². The quantitative estimate of drug-likeness (QED) is 0.251. The number of ether oxygens (including phenoxy) is 1. The summed E-state index contributed by atoms with van der Waals surface area (Å²) in [4.78, 5) is 11.8. The smallest absolute Gasteiger partial charge is 0.420 e. The van der Waals surface area contributed by atoms with Gasteiger partial charge in [0.2, 0.25) is 5.88 Å². The molecule has 3 rings (SSSR count). The van der Waals surface area contributed by atoms with Gasteiger partial charge in [0, 0.05) is 11.8 Å². The Labute approximate surface area is 254 Å². The number of halogens is 3. The fourth-order valence-electron chi connectivity index (χ4n) is 3.64. The van der Waals surface area contributed by atoms with Gasteiger partial charge in [-0.15, -0.1) is 6.58 Å². The third-order valence-electron chi connectivity index (χ3n) is 5.61.